The molecule has 0 aromatic heterocycles. The minimum absolute atomic E-state index is 0.488. The van der Waals surface area contributed by atoms with Gasteiger partial charge in [0.1, 0.15) is 0 Å². The molecule has 0 radical (unpaired) electrons. The van der Waals surface area contributed by atoms with Crippen LogP contribution in [0.25, 0.3) is 0 Å². The summed E-state index contributed by atoms with van der Waals surface area (Å²) < 4.78 is 32.7. The lowest BCUT2D eigenvalue weighted by molar-refractivity contribution is 0.490. The Hall–Kier alpha value is 0.300. The first-order valence-electron chi connectivity index (χ1n) is 2.22. The van der Waals surface area contributed by atoms with Crippen LogP contribution in [0.4, 0.5) is 0 Å². The van der Waals surface area contributed by atoms with Gasteiger partial charge in [-0.2, -0.15) is 8.42 Å². The van der Waals surface area contributed by atoms with Gasteiger partial charge in [-0.25, -0.2) is 0 Å². The topological polar surface area (TPSA) is 79.1 Å². The maximum Gasteiger partial charge on any atom is 0.314 e. The second-order valence-electron chi connectivity index (χ2n) is 1.67. The third-order valence-corrected chi connectivity index (χ3v) is 3.59. The van der Waals surface area contributed by atoms with Crippen LogP contribution < -0.4 is 0 Å². The zero-order valence-corrected chi connectivity index (χ0v) is 8.37. The Balaban J connectivity index is 3.09. The molecule has 0 amide bonds. The molecule has 64 valence electrons. The summed E-state index contributed by atoms with van der Waals surface area (Å²) in [5.74, 6) is 0. The molecule has 0 saturated heterocycles. The average molecular weight is 232 g/mol. The summed E-state index contributed by atoms with van der Waals surface area (Å²) in [6.45, 7) is 0. The van der Waals surface area contributed by atoms with E-state index in [1.807, 2.05) is 0 Å². The fourth-order valence-corrected chi connectivity index (χ4v) is 3.31. The first kappa shape index (κ1) is 9.39. The van der Waals surface area contributed by atoms with Gasteiger partial charge < -0.3 is 0 Å². The Kier molecular flexibility index (Phi) is 2.27. The van der Waals surface area contributed by atoms with Gasteiger partial charge >= 0.3 is 10.1 Å². The van der Waals surface area contributed by atoms with Crippen molar-refractivity contribution >= 4 is 41.7 Å². The Morgan fingerprint density at radius 3 is 2.27 bits per heavy atom. The summed E-state index contributed by atoms with van der Waals surface area (Å²) in [7, 11) is -6.28. The van der Waals surface area contributed by atoms with Gasteiger partial charge in [-0.15, -0.1) is 9.63 Å². The van der Waals surface area contributed by atoms with Crippen molar-refractivity contribution in [3.8, 4) is 0 Å². The lowest BCUT2D eigenvalue weighted by Crippen LogP contribution is -1.96. The lowest BCUT2D eigenvalue weighted by Gasteiger charge is -2.08. The summed E-state index contributed by atoms with van der Waals surface area (Å²) in [6, 6.07) is 0. The van der Waals surface area contributed by atoms with Crippen LogP contribution in [-0.2, 0) is 10.1 Å². The maximum atomic E-state index is 10.4. The van der Waals surface area contributed by atoms with Crippen LogP contribution in [0.15, 0.2) is 20.1 Å². The van der Waals surface area contributed by atoms with Gasteiger partial charge in [-0.1, -0.05) is 23.3 Å². The van der Waals surface area contributed by atoms with E-state index >= 15 is 0 Å². The zero-order valence-electron chi connectivity index (χ0n) is 4.95. The molecule has 1 heterocycles. The third kappa shape index (κ3) is 2.37. The summed E-state index contributed by atoms with van der Waals surface area (Å²) in [5.41, 5.74) is 0. The fourth-order valence-electron chi connectivity index (χ4n) is 0.395. The van der Waals surface area contributed by atoms with Crippen LogP contribution >= 0.6 is 31.6 Å². The zero-order chi connectivity index (χ0) is 8.70. The molecule has 0 aromatic carbocycles. The summed E-state index contributed by atoms with van der Waals surface area (Å²) in [6.07, 6.45) is 0. The molecule has 1 N–H and O–H groups in total. The highest BCUT2D eigenvalue weighted by Crippen LogP contribution is 2.64. The van der Waals surface area contributed by atoms with Crippen molar-refractivity contribution in [3.63, 3.8) is 0 Å². The Labute approximate surface area is 74.8 Å². The van der Waals surface area contributed by atoms with Crippen LogP contribution in [0, 0.1) is 0 Å². The Bertz CT molecular complexity index is 327. The van der Waals surface area contributed by atoms with E-state index in [1.165, 1.54) is 0 Å². The SMILES string of the molecule is O=S(=O)(O)C1=CS(S)(S)N=N1. The second-order valence-corrected chi connectivity index (χ2v) is 8.77. The number of nitrogens with zero attached hydrogens (tertiary/aromatic N) is 2. The van der Waals surface area contributed by atoms with Crippen LogP contribution in [0.5, 0.6) is 0 Å². The second kappa shape index (κ2) is 2.66. The van der Waals surface area contributed by atoms with E-state index in [9.17, 15) is 8.42 Å². The van der Waals surface area contributed by atoms with Crippen molar-refractivity contribution in [2.45, 2.75) is 0 Å². The van der Waals surface area contributed by atoms with Crippen LogP contribution in [0.2, 0.25) is 0 Å². The highest BCUT2D eigenvalue weighted by molar-refractivity contribution is 9.18. The van der Waals surface area contributed by atoms with Crippen molar-refractivity contribution in [1.29, 1.82) is 0 Å². The minimum Gasteiger partial charge on any atom is -0.281 e. The van der Waals surface area contributed by atoms with Crippen molar-refractivity contribution in [2.75, 3.05) is 0 Å². The van der Waals surface area contributed by atoms with Gasteiger partial charge in [0, 0.05) is 5.41 Å². The molecule has 11 heavy (non-hydrogen) atoms. The van der Waals surface area contributed by atoms with Gasteiger partial charge in [0.15, 0.2) is 0 Å². The smallest absolute Gasteiger partial charge is 0.281 e. The van der Waals surface area contributed by atoms with Crippen molar-refractivity contribution in [3.05, 3.63) is 10.4 Å². The first-order chi connectivity index (χ1) is 4.81. The quantitative estimate of drug-likeness (QED) is 0.364. The van der Waals surface area contributed by atoms with Crippen LogP contribution in [0.3, 0.4) is 0 Å². The van der Waals surface area contributed by atoms with E-state index in [0.29, 0.717) is 0 Å². The van der Waals surface area contributed by atoms with E-state index in [1.54, 1.807) is 0 Å². The van der Waals surface area contributed by atoms with Crippen molar-refractivity contribution in [2.24, 2.45) is 9.63 Å². The number of thiol groups is 2. The van der Waals surface area contributed by atoms with Crippen LogP contribution in [-0.4, -0.2) is 13.0 Å². The molecular formula is C2H4N2O3S4. The van der Waals surface area contributed by atoms with Crippen LogP contribution in [0.1, 0.15) is 0 Å². The van der Waals surface area contributed by atoms with Gasteiger partial charge in [0.2, 0.25) is 5.03 Å². The predicted octanol–water partition coefficient (Wildman–Crippen LogP) is 1.55. The fraction of sp³-hybridized carbons (Fsp3) is 0. The van der Waals surface area contributed by atoms with E-state index in [-0.39, 0.29) is 0 Å². The maximum absolute atomic E-state index is 10.4. The standard InChI is InChI=1S/C2H4N2O3S4/c5-11(6,7)2-1-10(8,9)4-3-2/h1,8-9H,(H,5,6,7). The summed E-state index contributed by atoms with van der Waals surface area (Å²) in [4.78, 5) is 0. The van der Waals surface area contributed by atoms with E-state index in [4.69, 9.17) is 4.55 Å². The summed E-state index contributed by atoms with van der Waals surface area (Å²) in [5, 5.41) is 3.81. The molecular weight excluding hydrogens is 228 g/mol. The largest absolute Gasteiger partial charge is 0.314 e. The molecule has 0 aromatic rings. The van der Waals surface area contributed by atoms with E-state index < -0.39 is 23.4 Å². The molecule has 9 heteroatoms. The van der Waals surface area contributed by atoms with Crippen molar-refractivity contribution < 1.29 is 13.0 Å². The van der Waals surface area contributed by atoms with E-state index in [2.05, 4.69) is 33.0 Å². The van der Waals surface area contributed by atoms with Gasteiger partial charge in [-0.05, 0) is 8.28 Å². The number of hydrogen-bond acceptors (Lipinski definition) is 6. The monoisotopic (exact) mass is 232 g/mol. The molecule has 0 bridgehead atoms. The normalized spacial score (nSPS) is 24.8. The third-order valence-electron chi connectivity index (χ3n) is 0.783. The molecule has 0 fully saturated rings. The minimum atomic E-state index is -4.25. The molecule has 0 atom stereocenters. The Morgan fingerprint density at radius 1 is 1.55 bits per heavy atom. The molecule has 5 nitrogen and oxygen atoms in total. The lowest BCUT2D eigenvalue weighted by atomic mass is 11.1. The Morgan fingerprint density at radius 2 is 2.09 bits per heavy atom. The van der Waals surface area contributed by atoms with Gasteiger partial charge in [0.25, 0.3) is 0 Å². The van der Waals surface area contributed by atoms with Gasteiger partial charge in [-0.3, -0.25) is 4.55 Å². The van der Waals surface area contributed by atoms with E-state index in [0.717, 1.165) is 5.41 Å². The van der Waals surface area contributed by atoms with Gasteiger partial charge in [0.05, 0.1) is 0 Å². The molecule has 1 rings (SSSR count). The predicted molar refractivity (Wildman–Crippen MR) is 50.1 cm³/mol. The van der Waals surface area contributed by atoms with Crippen molar-refractivity contribution in [1.82, 2.24) is 0 Å². The average Bonchev–Trinajstić information content (AvgIpc) is 2.07. The summed E-state index contributed by atoms with van der Waals surface area (Å²) >= 11 is 7.75. The molecule has 0 unspecified atom stereocenters. The highest BCUT2D eigenvalue weighted by atomic mass is 33.5. The first-order valence-corrected chi connectivity index (χ1v) is 7.41. The molecule has 0 spiro atoms. The molecule has 1 aliphatic rings. The number of rotatable bonds is 1. The molecule has 1 aliphatic heterocycles. The highest BCUT2D eigenvalue weighted by Gasteiger charge is 2.25. The molecule has 0 saturated carbocycles. The number of hydrogen-bond donors (Lipinski definition) is 3. The molecule has 0 aliphatic carbocycles.